The van der Waals surface area contributed by atoms with E-state index in [0.29, 0.717) is 18.9 Å². The second-order valence-corrected chi connectivity index (χ2v) is 6.80. The van der Waals surface area contributed by atoms with E-state index >= 15 is 0 Å². The summed E-state index contributed by atoms with van der Waals surface area (Å²) in [4.78, 5) is 12.3. The zero-order valence-corrected chi connectivity index (χ0v) is 13.3. The third-order valence-corrected chi connectivity index (χ3v) is 5.15. The maximum absolute atomic E-state index is 13.5. The summed E-state index contributed by atoms with van der Waals surface area (Å²) in [6.07, 6.45) is 6.12. The van der Waals surface area contributed by atoms with E-state index in [-0.39, 0.29) is 17.9 Å². The Balaban J connectivity index is 1.65. The number of halogens is 2. The summed E-state index contributed by atoms with van der Waals surface area (Å²) >= 11 is 0. The third kappa shape index (κ3) is 4.08. The van der Waals surface area contributed by atoms with Crippen LogP contribution in [-0.2, 0) is 4.79 Å². The molecule has 0 spiro atoms. The fourth-order valence-electron chi connectivity index (χ4n) is 3.89. The summed E-state index contributed by atoms with van der Waals surface area (Å²) in [6.45, 7) is 1.48. The lowest BCUT2D eigenvalue weighted by molar-refractivity contribution is -0.122. The second-order valence-electron chi connectivity index (χ2n) is 6.80. The molecule has 0 aromatic heterocycles. The molecule has 2 unspecified atom stereocenters. The van der Waals surface area contributed by atoms with Crippen LogP contribution in [0.3, 0.4) is 0 Å². The molecule has 126 valence electrons. The first kappa shape index (κ1) is 16.4. The molecule has 2 N–H and O–H groups in total. The highest BCUT2D eigenvalue weighted by Gasteiger charge is 2.29. The minimum Gasteiger partial charge on any atom is -0.351 e. The van der Waals surface area contributed by atoms with Gasteiger partial charge in [0.25, 0.3) is 0 Å². The predicted molar refractivity (Wildman–Crippen MR) is 85.1 cm³/mol. The first-order chi connectivity index (χ1) is 11.1. The van der Waals surface area contributed by atoms with Crippen molar-refractivity contribution in [2.45, 2.75) is 50.5 Å². The fourth-order valence-corrected chi connectivity index (χ4v) is 3.89. The van der Waals surface area contributed by atoms with Gasteiger partial charge in [-0.2, -0.15) is 0 Å². The number of piperidine rings is 1. The molecule has 1 aromatic carbocycles. The smallest absolute Gasteiger partial charge is 0.220 e. The van der Waals surface area contributed by atoms with Crippen molar-refractivity contribution < 1.29 is 13.6 Å². The van der Waals surface area contributed by atoms with E-state index in [1.165, 1.54) is 25.0 Å². The topological polar surface area (TPSA) is 41.1 Å². The van der Waals surface area contributed by atoms with E-state index in [9.17, 15) is 13.6 Å². The average Bonchev–Trinajstić information content (AvgIpc) is 3.03. The molecule has 5 heteroatoms. The molecule has 2 fully saturated rings. The second kappa shape index (κ2) is 7.39. The van der Waals surface area contributed by atoms with Crippen LogP contribution in [0.5, 0.6) is 0 Å². The Kier molecular flexibility index (Phi) is 5.26. The Labute approximate surface area is 135 Å². The van der Waals surface area contributed by atoms with E-state index in [2.05, 4.69) is 10.6 Å². The van der Waals surface area contributed by atoms with E-state index in [0.717, 1.165) is 31.4 Å². The number of carbonyl (C=O) groups is 1. The van der Waals surface area contributed by atoms with Crippen molar-refractivity contribution in [3.8, 4) is 0 Å². The van der Waals surface area contributed by atoms with Crippen LogP contribution in [0.25, 0.3) is 0 Å². The zero-order chi connectivity index (χ0) is 16.2. The van der Waals surface area contributed by atoms with Crippen LogP contribution >= 0.6 is 0 Å². The number of amides is 1. The highest BCUT2D eigenvalue weighted by molar-refractivity contribution is 5.76. The van der Waals surface area contributed by atoms with Crippen LogP contribution in [0.4, 0.5) is 8.78 Å². The largest absolute Gasteiger partial charge is 0.351 e. The van der Waals surface area contributed by atoms with Crippen molar-refractivity contribution in [3.05, 3.63) is 35.4 Å². The van der Waals surface area contributed by atoms with Crippen molar-refractivity contribution in [2.24, 2.45) is 5.92 Å². The maximum Gasteiger partial charge on any atom is 0.220 e. The molecule has 1 heterocycles. The maximum atomic E-state index is 13.5. The van der Waals surface area contributed by atoms with Gasteiger partial charge in [-0.1, -0.05) is 18.9 Å². The number of hydrogen-bond donors (Lipinski definition) is 2. The fraction of sp³-hybridized carbons (Fsp3) is 0.611. The Hall–Kier alpha value is -1.49. The molecule has 1 amide bonds. The summed E-state index contributed by atoms with van der Waals surface area (Å²) in [5.74, 6) is -1.04. The van der Waals surface area contributed by atoms with Gasteiger partial charge in [0.15, 0.2) is 11.6 Å². The lowest BCUT2D eigenvalue weighted by Gasteiger charge is -2.33. The Bertz CT molecular complexity index is 558. The van der Waals surface area contributed by atoms with Crippen LogP contribution in [0, 0.1) is 17.6 Å². The minimum absolute atomic E-state index is 0.0267. The Morgan fingerprint density at radius 2 is 1.96 bits per heavy atom. The highest BCUT2D eigenvalue weighted by atomic mass is 19.2. The van der Waals surface area contributed by atoms with Crippen LogP contribution in [-0.4, -0.2) is 25.0 Å². The summed E-state index contributed by atoms with van der Waals surface area (Å²) in [6, 6.07) is 4.00. The lowest BCUT2D eigenvalue weighted by atomic mass is 9.85. The number of nitrogens with one attached hydrogen (secondary N) is 2. The van der Waals surface area contributed by atoms with Crippen molar-refractivity contribution in [1.29, 1.82) is 0 Å². The molecule has 2 atom stereocenters. The molecule has 1 aliphatic carbocycles. The first-order valence-corrected chi connectivity index (χ1v) is 8.58. The van der Waals surface area contributed by atoms with Gasteiger partial charge in [-0.25, -0.2) is 8.78 Å². The van der Waals surface area contributed by atoms with Gasteiger partial charge in [0.2, 0.25) is 5.91 Å². The molecule has 23 heavy (non-hydrogen) atoms. The summed E-state index contributed by atoms with van der Waals surface area (Å²) in [7, 11) is 0. The van der Waals surface area contributed by atoms with Gasteiger partial charge in [0, 0.05) is 24.9 Å². The molecule has 3 nitrogen and oxygen atoms in total. The van der Waals surface area contributed by atoms with Gasteiger partial charge in [-0.05, 0) is 49.4 Å². The molecule has 1 aliphatic heterocycles. The third-order valence-electron chi connectivity index (χ3n) is 5.15. The van der Waals surface area contributed by atoms with Crippen LogP contribution in [0.2, 0.25) is 0 Å². The van der Waals surface area contributed by atoms with E-state index in [1.54, 1.807) is 6.07 Å². The molecule has 1 aromatic rings. The van der Waals surface area contributed by atoms with Gasteiger partial charge in [-0.3, -0.25) is 4.79 Å². The van der Waals surface area contributed by atoms with Crippen molar-refractivity contribution in [3.63, 3.8) is 0 Å². The van der Waals surface area contributed by atoms with E-state index in [1.807, 2.05) is 0 Å². The van der Waals surface area contributed by atoms with Crippen molar-refractivity contribution >= 4 is 5.91 Å². The van der Waals surface area contributed by atoms with Crippen LogP contribution in [0.15, 0.2) is 18.2 Å². The average molecular weight is 322 g/mol. The van der Waals surface area contributed by atoms with Crippen LogP contribution in [0.1, 0.15) is 50.0 Å². The highest BCUT2D eigenvalue weighted by Crippen LogP contribution is 2.29. The van der Waals surface area contributed by atoms with Crippen LogP contribution < -0.4 is 10.6 Å². The van der Waals surface area contributed by atoms with Crippen molar-refractivity contribution in [1.82, 2.24) is 10.6 Å². The number of rotatable bonds is 4. The molecular weight excluding hydrogens is 298 g/mol. The predicted octanol–water partition coefficient (Wildman–Crippen LogP) is 3.11. The molecule has 1 saturated carbocycles. The molecule has 2 aliphatic rings. The zero-order valence-electron chi connectivity index (χ0n) is 13.3. The van der Waals surface area contributed by atoms with Gasteiger partial charge in [0.1, 0.15) is 0 Å². The molecular formula is C18H24F2N2O. The molecule has 0 bridgehead atoms. The standard InChI is InChI=1S/C18H24F2N2O/c19-15-6-5-13(10-16(15)20)14-7-8-21-11-17(14)22-18(23)9-12-3-1-2-4-12/h5-6,10,12,14,17,21H,1-4,7-9,11H2,(H,22,23). The van der Waals surface area contributed by atoms with E-state index < -0.39 is 11.6 Å². The quantitative estimate of drug-likeness (QED) is 0.894. The van der Waals surface area contributed by atoms with Gasteiger partial charge in [-0.15, -0.1) is 0 Å². The minimum atomic E-state index is -0.829. The van der Waals surface area contributed by atoms with E-state index in [4.69, 9.17) is 0 Å². The Morgan fingerprint density at radius 1 is 1.17 bits per heavy atom. The van der Waals surface area contributed by atoms with Gasteiger partial charge in [0.05, 0.1) is 0 Å². The summed E-state index contributed by atoms with van der Waals surface area (Å²) in [5.41, 5.74) is 0.761. The first-order valence-electron chi connectivity index (χ1n) is 8.58. The van der Waals surface area contributed by atoms with Crippen molar-refractivity contribution in [2.75, 3.05) is 13.1 Å². The van der Waals surface area contributed by atoms with Gasteiger partial charge < -0.3 is 10.6 Å². The SMILES string of the molecule is O=C(CC1CCCC1)NC1CNCCC1c1ccc(F)c(F)c1. The molecule has 0 radical (unpaired) electrons. The normalized spacial score (nSPS) is 25.5. The molecule has 1 saturated heterocycles. The monoisotopic (exact) mass is 322 g/mol. The van der Waals surface area contributed by atoms with Gasteiger partial charge >= 0.3 is 0 Å². The summed E-state index contributed by atoms with van der Waals surface area (Å²) < 4.78 is 26.7. The lowest BCUT2D eigenvalue weighted by Crippen LogP contribution is -2.50. The number of carbonyl (C=O) groups excluding carboxylic acids is 1. The number of hydrogen-bond acceptors (Lipinski definition) is 2. The Morgan fingerprint density at radius 3 is 2.70 bits per heavy atom. The summed E-state index contributed by atoms with van der Waals surface area (Å²) in [5, 5.41) is 6.39. The number of benzene rings is 1. The molecule has 3 rings (SSSR count).